The molecule has 0 unspecified atom stereocenters. The third-order valence-electron chi connectivity index (χ3n) is 13.8. The summed E-state index contributed by atoms with van der Waals surface area (Å²) in [5.41, 5.74) is 0. The maximum atomic E-state index is 4.76. The first-order valence-corrected chi connectivity index (χ1v) is 40.6. The number of hydrogen-bond donors (Lipinski definition) is 0. The molecule has 0 saturated carbocycles. The van der Waals surface area contributed by atoms with Crippen LogP contribution in [0.1, 0.15) is 0 Å². The monoisotopic (exact) mass is 2330 g/mol. The van der Waals surface area contributed by atoms with E-state index in [2.05, 4.69) is 313 Å². The summed E-state index contributed by atoms with van der Waals surface area (Å²) in [6.07, 6.45) is 0. The fourth-order valence-electron chi connectivity index (χ4n) is 10.1. The molecular formula is C74H56Au4Cl8P4S6. The molecule has 14 rings (SSSR count). The van der Waals surface area contributed by atoms with Crippen molar-refractivity contribution in [3.63, 3.8) is 0 Å². The Balaban J connectivity index is 0.000000429. The molecule has 0 radical (unpaired) electrons. The molecule has 0 aliphatic carbocycles. The van der Waals surface area contributed by atoms with Gasteiger partial charge in [0.25, 0.3) is 0 Å². The van der Waals surface area contributed by atoms with Crippen molar-refractivity contribution in [3.05, 3.63) is 313 Å². The van der Waals surface area contributed by atoms with E-state index in [0.717, 1.165) is 0 Å². The van der Waals surface area contributed by atoms with Gasteiger partial charge in [0.1, 0.15) is 0 Å². The van der Waals surface area contributed by atoms with Crippen LogP contribution in [0.5, 0.6) is 0 Å². The SMILES string of the molecule is ClCCl.ClCCl.[Au+].[Au+].[Au+].[Au+].[Cl-].[Cl-].[Cl-].[Cl-].c1ccc(P(c2ccccc2)c2ccsc2-c2ccc(-c3sccc3P(c3ccccc3)c3ccccc3)s2)cc1.c1ccc(P(c2ccccc2)c2ccsc2-c2ccc(-c3sccc3P(c3ccccc3)c3ccccc3)s2)cc1. The topological polar surface area (TPSA) is 0 Å². The van der Waals surface area contributed by atoms with Crippen LogP contribution in [0.2, 0.25) is 0 Å². The van der Waals surface area contributed by atoms with Crippen LogP contribution >= 0.6 is 146 Å². The number of hydrogen-bond acceptors (Lipinski definition) is 6. The van der Waals surface area contributed by atoms with Crippen LogP contribution in [0.4, 0.5) is 0 Å². The second-order valence-corrected chi connectivity index (χ2v) is 35.3. The molecule has 6 aromatic heterocycles. The molecule has 0 atom stereocenters. The normalized spacial score (nSPS) is 10.1. The third-order valence-corrected chi connectivity index (χ3v) is 30.9. The average molecular weight is 2330 g/mol. The van der Waals surface area contributed by atoms with Crippen LogP contribution in [-0.4, -0.2) is 10.7 Å². The van der Waals surface area contributed by atoms with Crippen molar-refractivity contribution in [3.8, 4) is 39.0 Å². The van der Waals surface area contributed by atoms with Crippen LogP contribution in [0.25, 0.3) is 39.0 Å². The molecule has 0 N–H and O–H groups in total. The minimum absolute atomic E-state index is 0. The smallest absolute Gasteiger partial charge is 1.00 e. The summed E-state index contributed by atoms with van der Waals surface area (Å²) in [5.74, 6) is 0. The van der Waals surface area contributed by atoms with Crippen molar-refractivity contribution in [1.29, 1.82) is 0 Å². The fraction of sp³-hybridized carbons (Fsp3) is 0.0270. The van der Waals surface area contributed by atoms with E-state index in [1.54, 1.807) is 0 Å². The van der Waals surface area contributed by atoms with Gasteiger partial charge in [0.05, 0.1) is 30.2 Å². The standard InChI is InChI=1S/2C36H26P2S3.2CH2Cl2.4Au.4ClH/c2*1-5-13-27(14-6-1)37(28-15-7-2-8-16-28)31-23-25-39-35(31)33-21-22-34(41-33)36-32(24-26-40-36)38(29-17-9-3-10-18-29)30-19-11-4-12-20-30;2*2-1-3;;;;;;;;/h2*1-26H;2*1H2;;;;;4*1H/q;;;;4*+1;;;;/p-4. The Kier molecular flexibility index (Phi) is 44.0. The largest absolute Gasteiger partial charge is 1.00 e. The summed E-state index contributed by atoms with van der Waals surface area (Å²) in [5, 5.41) is 26.4. The van der Waals surface area contributed by atoms with Gasteiger partial charge in [-0.2, -0.15) is 0 Å². The van der Waals surface area contributed by atoms with Gasteiger partial charge in [-0.05, 0) is 144 Å². The molecule has 0 saturated heterocycles. The van der Waals surface area contributed by atoms with Crippen LogP contribution in [0.15, 0.2) is 313 Å². The van der Waals surface area contributed by atoms with E-state index in [0.29, 0.717) is 0 Å². The minimum Gasteiger partial charge on any atom is -1.00 e. The Hall–Kier alpha value is -1.04. The number of halogens is 8. The molecule has 508 valence electrons. The van der Waals surface area contributed by atoms with Gasteiger partial charge in [-0.1, -0.05) is 243 Å². The molecule has 96 heavy (non-hydrogen) atoms. The minimum atomic E-state index is -0.643. The van der Waals surface area contributed by atoms with E-state index < -0.39 is 31.7 Å². The van der Waals surface area contributed by atoms with Crippen molar-refractivity contribution in [2.75, 3.05) is 10.7 Å². The van der Waals surface area contributed by atoms with Crippen LogP contribution in [0, 0.1) is 0 Å². The first kappa shape index (κ1) is 89.2. The first-order valence-electron chi connectivity index (χ1n) is 27.9. The molecule has 0 nitrogen and oxygen atoms in total. The van der Waals surface area contributed by atoms with Gasteiger partial charge in [0, 0.05) is 40.7 Å². The third kappa shape index (κ3) is 23.0. The number of benzene rings is 8. The molecule has 0 amide bonds. The first-order chi connectivity index (χ1) is 43.6. The van der Waals surface area contributed by atoms with Crippen LogP contribution < -0.4 is 113 Å². The molecule has 0 aliphatic heterocycles. The fourth-order valence-corrected chi connectivity index (χ4v) is 27.7. The molecule has 6 heterocycles. The van der Waals surface area contributed by atoms with E-state index in [-0.39, 0.29) is 150 Å². The van der Waals surface area contributed by atoms with E-state index in [4.69, 9.17) is 46.4 Å². The van der Waals surface area contributed by atoms with Crippen molar-refractivity contribution in [2.45, 2.75) is 0 Å². The van der Waals surface area contributed by atoms with Crippen molar-refractivity contribution < 1.29 is 139 Å². The van der Waals surface area contributed by atoms with Gasteiger partial charge in [0.15, 0.2) is 0 Å². The average Bonchev–Trinajstić information content (AvgIpc) is 1.59. The summed E-state index contributed by atoms with van der Waals surface area (Å²) in [7, 11) is -2.57. The van der Waals surface area contributed by atoms with E-state index in [1.807, 2.05) is 68.0 Å². The summed E-state index contributed by atoms with van der Waals surface area (Å²) in [6, 6.07) is 107. The van der Waals surface area contributed by atoms with E-state index in [9.17, 15) is 0 Å². The summed E-state index contributed by atoms with van der Waals surface area (Å²) in [4.78, 5) is 11.0. The number of thiophene rings is 6. The maximum absolute atomic E-state index is 4.76. The van der Waals surface area contributed by atoms with Crippen LogP contribution in [0.3, 0.4) is 0 Å². The van der Waals surface area contributed by atoms with E-state index >= 15 is 0 Å². The molecular weight excluding hydrogens is 2280 g/mol. The quantitative estimate of drug-likeness (QED) is 0.0520. The summed E-state index contributed by atoms with van der Waals surface area (Å²) >= 11 is 30.4. The Morgan fingerprint density at radius 2 is 0.344 bits per heavy atom. The maximum Gasteiger partial charge on any atom is 1.00 e. The number of alkyl halides is 4. The second-order valence-electron chi connectivity index (χ2n) is 19.1. The van der Waals surface area contributed by atoms with Gasteiger partial charge in [-0.3, -0.25) is 0 Å². The Morgan fingerprint density at radius 3 is 0.479 bits per heavy atom. The summed E-state index contributed by atoms with van der Waals surface area (Å²) in [6.45, 7) is 0. The van der Waals surface area contributed by atoms with Gasteiger partial charge in [0.2, 0.25) is 0 Å². The summed E-state index contributed by atoms with van der Waals surface area (Å²) < 4.78 is 0. The molecule has 0 bridgehead atoms. The predicted molar refractivity (Wildman–Crippen MR) is 410 cm³/mol. The molecule has 14 aromatic rings. The molecule has 8 aromatic carbocycles. The molecule has 0 spiro atoms. The Morgan fingerprint density at radius 1 is 0.208 bits per heavy atom. The predicted octanol–water partition coefficient (Wildman–Crippen LogP) is 8.29. The van der Waals surface area contributed by atoms with Gasteiger partial charge >= 0.3 is 89.5 Å². The molecule has 0 fully saturated rings. The zero-order valence-electron chi connectivity index (χ0n) is 49.9. The molecule has 22 heteroatoms. The Bertz CT molecular complexity index is 3620. The second kappa shape index (κ2) is 47.3. The van der Waals surface area contributed by atoms with E-state index in [1.165, 1.54) is 103 Å². The van der Waals surface area contributed by atoms with Gasteiger partial charge in [-0.25, -0.2) is 0 Å². The zero-order chi connectivity index (χ0) is 60.3. The number of rotatable bonds is 16. The van der Waals surface area contributed by atoms with Gasteiger partial charge in [-0.15, -0.1) is 114 Å². The van der Waals surface area contributed by atoms with Crippen molar-refractivity contribution >= 4 is 210 Å². The Labute approximate surface area is 701 Å². The molecule has 0 aliphatic rings. The van der Waals surface area contributed by atoms with Crippen molar-refractivity contribution in [1.82, 2.24) is 0 Å². The van der Waals surface area contributed by atoms with Gasteiger partial charge < -0.3 is 49.6 Å². The van der Waals surface area contributed by atoms with Crippen molar-refractivity contribution in [2.24, 2.45) is 0 Å². The van der Waals surface area contributed by atoms with Crippen LogP contribution in [-0.2, 0) is 89.5 Å². The zero-order valence-corrected chi connectivity index (χ0v) is 73.1.